The zero-order valence-corrected chi connectivity index (χ0v) is 25.7. The van der Waals surface area contributed by atoms with Gasteiger partial charge in [0.2, 0.25) is 0 Å². The molecule has 43 heavy (non-hydrogen) atoms. The lowest BCUT2D eigenvalue weighted by Gasteiger charge is -2.40. The molecule has 3 aromatic carbocycles. The normalized spacial score (nSPS) is 20.4. The Morgan fingerprint density at radius 2 is 1.21 bits per heavy atom. The molecule has 4 heterocycles. The maximum absolute atomic E-state index is 13.5. The van der Waals surface area contributed by atoms with Gasteiger partial charge in [0.1, 0.15) is 23.0 Å². The molecule has 0 bridgehead atoms. The third kappa shape index (κ3) is 4.65. The molecular weight excluding hydrogens is 591 g/mol. The summed E-state index contributed by atoms with van der Waals surface area (Å²) in [5.74, 6) is 0.117. The number of hydrogen-bond acceptors (Lipinski definition) is 9. The monoisotopic (exact) mass is 624 g/mol. The van der Waals surface area contributed by atoms with Crippen LogP contribution in [0.5, 0.6) is 23.0 Å². The van der Waals surface area contributed by atoms with Gasteiger partial charge in [0.05, 0.1) is 26.7 Å². The molecule has 3 aromatic rings. The van der Waals surface area contributed by atoms with Crippen LogP contribution in [0.3, 0.4) is 0 Å². The Hall–Kier alpha value is -3.05. The number of carbonyl (C=O) groups excluding carboxylic acids is 1. The molecule has 0 unspecified atom stereocenters. The van der Waals surface area contributed by atoms with E-state index in [1.165, 1.54) is 0 Å². The van der Waals surface area contributed by atoms with E-state index in [9.17, 15) is 15.0 Å². The lowest BCUT2D eigenvalue weighted by atomic mass is 9.76. The van der Waals surface area contributed by atoms with Crippen LogP contribution in [-0.4, -0.2) is 102 Å². The maximum atomic E-state index is 13.5. The van der Waals surface area contributed by atoms with Crippen molar-refractivity contribution < 1.29 is 24.5 Å². The molecule has 226 valence electrons. The van der Waals surface area contributed by atoms with Gasteiger partial charge in [-0.3, -0.25) is 9.80 Å². The number of nitrogens with zero attached hydrogens (tertiary/aromatic N) is 4. The summed E-state index contributed by atoms with van der Waals surface area (Å²) >= 11 is 13.4. The molecule has 0 radical (unpaired) electrons. The van der Waals surface area contributed by atoms with Crippen LogP contribution in [0.25, 0.3) is 0 Å². The number of fused-ring (bicyclic) bond motifs is 6. The van der Waals surface area contributed by atoms with E-state index < -0.39 is 11.6 Å². The minimum atomic E-state index is -1.45. The van der Waals surface area contributed by atoms with Crippen molar-refractivity contribution in [2.75, 3.05) is 66.5 Å². The standard InChI is InChI=1S/C32H34Cl2N4O5/c1-35-7-11-37(12-8-35)17-20-27(39)25(33)15-23-29(20)42-30-21(18-38-13-9-36(2)10-14-38)28(40)26(34)16-24(30)32(23)22-6-4-3-5-19(22)31(41)43-32/h3-6,15-16,39-40H,7-14,17-18H2,1-2H3. The van der Waals surface area contributed by atoms with Crippen molar-refractivity contribution in [3.05, 3.63) is 79.8 Å². The highest BCUT2D eigenvalue weighted by Crippen LogP contribution is 2.61. The number of carbonyl (C=O) groups is 1. The molecule has 0 atom stereocenters. The predicted octanol–water partition coefficient (Wildman–Crippen LogP) is 4.47. The number of halogens is 2. The third-order valence-electron chi connectivity index (χ3n) is 9.29. The minimum absolute atomic E-state index is 0.0747. The fourth-order valence-corrected chi connectivity index (χ4v) is 7.17. The molecule has 0 aliphatic carbocycles. The zero-order valence-electron chi connectivity index (χ0n) is 24.2. The van der Waals surface area contributed by atoms with E-state index in [2.05, 4.69) is 33.7 Å². The first-order valence-corrected chi connectivity index (χ1v) is 15.3. The number of hydrogen-bond donors (Lipinski definition) is 2. The summed E-state index contributed by atoms with van der Waals surface area (Å²) in [6, 6.07) is 10.5. The van der Waals surface area contributed by atoms with Crippen LogP contribution in [-0.2, 0) is 23.4 Å². The first kappa shape index (κ1) is 28.7. The Kier molecular flexibility index (Phi) is 7.23. The number of aromatic hydroxyl groups is 2. The van der Waals surface area contributed by atoms with Gasteiger partial charge in [-0.05, 0) is 32.3 Å². The highest BCUT2D eigenvalue weighted by molar-refractivity contribution is 6.32. The maximum Gasteiger partial charge on any atom is 0.340 e. The first-order chi connectivity index (χ1) is 20.7. The number of rotatable bonds is 4. The molecule has 0 aromatic heterocycles. The topological polar surface area (TPSA) is 89.0 Å². The van der Waals surface area contributed by atoms with Gasteiger partial charge in [-0.2, -0.15) is 0 Å². The minimum Gasteiger partial charge on any atom is -0.506 e. The van der Waals surface area contributed by atoms with Crippen LogP contribution in [0.1, 0.15) is 38.2 Å². The van der Waals surface area contributed by atoms with E-state index in [4.69, 9.17) is 32.7 Å². The van der Waals surface area contributed by atoms with E-state index in [1.807, 2.05) is 12.1 Å². The van der Waals surface area contributed by atoms with Crippen LogP contribution < -0.4 is 4.74 Å². The van der Waals surface area contributed by atoms with Crippen LogP contribution in [0.4, 0.5) is 0 Å². The molecule has 4 aliphatic heterocycles. The average molecular weight is 626 g/mol. The van der Waals surface area contributed by atoms with Gasteiger partial charge < -0.3 is 29.5 Å². The highest BCUT2D eigenvalue weighted by Gasteiger charge is 2.55. The number of phenolic OH excluding ortho intramolecular Hbond substituents is 2. The van der Waals surface area contributed by atoms with Crippen molar-refractivity contribution in [3.63, 3.8) is 0 Å². The van der Waals surface area contributed by atoms with Crippen molar-refractivity contribution in [3.8, 4) is 23.0 Å². The van der Waals surface area contributed by atoms with Gasteiger partial charge in [-0.15, -0.1) is 0 Å². The summed E-state index contributed by atoms with van der Waals surface area (Å²) in [6.07, 6.45) is 0. The third-order valence-corrected chi connectivity index (χ3v) is 9.87. The number of benzene rings is 3. The first-order valence-electron chi connectivity index (χ1n) is 14.6. The highest BCUT2D eigenvalue weighted by atomic mass is 35.5. The van der Waals surface area contributed by atoms with E-state index in [0.29, 0.717) is 58.0 Å². The van der Waals surface area contributed by atoms with Gasteiger partial charge in [-0.1, -0.05) is 41.4 Å². The van der Waals surface area contributed by atoms with E-state index in [1.54, 1.807) is 24.3 Å². The second-order valence-electron chi connectivity index (χ2n) is 12.0. The number of piperazine rings is 2. The van der Waals surface area contributed by atoms with Gasteiger partial charge >= 0.3 is 5.97 Å². The van der Waals surface area contributed by atoms with Gasteiger partial charge in [0, 0.05) is 82.1 Å². The molecule has 2 fully saturated rings. The zero-order chi connectivity index (χ0) is 30.0. The van der Waals surface area contributed by atoms with Crippen LogP contribution in [0.15, 0.2) is 36.4 Å². The summed E-state index contributed by atoms with van der Waals surface area (Å²) in [5, 5.41) is 23.0. The van der Waals surface area contributed by atoms with Crippen molar-refractivity contribution in [1.29, 1.82) is 0 Å². The Balaban J connectivity index is 1.45. The average Bonchev–Trinajstić information content (AvgIpc) is 3.30. The predicted molar refractivity (Wildman–Crippen MR) is 164 cm³/mol. The van der Waals surface area contributed by atoms with Crippen molar-refractivity contribution in [1.82, 2.24) is 19.6 Å². The molecule has 7 rings (SSSR count). The molecule has 4 aliphatic rings. The van der Waals surface area contributed by atoms with Gasteiger partial charge in [-0.25, -0.2) is 4.79 Å². The Bertz CT molecular complexity index is 1530. The Labute approximate surface area is 260 Å². The fourth-order valence-electron chi connectivity index (χ4n) is 6.72. The lowest BCUT2D eigenvalue weighted by Crippen LogP contribution is -2.44. The quantitative estimate of drug-likeness (QED) is 0.408. The summed E-state index contributed by atoms with van der Waals surface area (Å²) in [7, 11) is 4.18. The van der Waals surface area contributed by atoms with Gasteiger partial charge in [0.15, 0.2) is 5.60 Å². The molecule has 2 N–H and O–H groups in total. The smallest absolute Gasteiger partial charge is 0.340 e. The van der Waals surface area contributed by atoms with Crippen LogP contribution in [0.2, 0.25) is 10.0 Å². The molecular formula is C32H34Cl2N4O5. The van der Waals surface area contributed by atoms with Crippen molar-refractivity contribution in [2.24, 2.45) is 0 Å². The molecule has 0 amide bonds. The fraction of sp³-hybridized carbons (Fsp3) is 0.406. The number of phenols is 2. The summed E-state index contributed by atoms with van der Waals surface area (Å²) in [6.45, 7) is 7.57. The lowest BCUT2D eigenvalue weighted by molar-refractivity contribution is 0.0221. The molecule has 0 saturated carbocycles. The largest absolute Gasteiger partial charge is 0.506 e. The second kappa shape index (κ2) is 10.8. The van der Waals surface area contributed by atoms with Crippen molar-refractivity contribution in [2.45, 2.75) is 18.7 Å². The Morgan fingerprint density at radius 1 is 0.744 bits per heavy atom. The molecule has 9 nitrogen and oxygen atoms in total. The second-order valence-corrected chi connectivity index (χ2v) is 12.8. The molecule has 1 spiro atoms. The molecule has 11 heteroatoms. The van der Waals surface area contributed by atoms with Crippen LogP contribution >= 0.6 is 23.2 Å². The molecule has 2 saturated heterocycles. The number of ether oxygens (including phenoxy) is 2. The Morgan fingerprint density at radius 3 is 1.70 bits per heavy atom. The number of esters is 1. The van der Waals surface area contributed by atoms with Gasteiger partial charge in [0.25, 0.3) is 0 Å². The summed E-state index contributed by atoms with van der Waals surface area (Å²) in [5.41, 5.74) is 1.66. The van der Waals surface area contributed by atoms with Crippen LogP contribution in [0, 0.1) is 0 Å². The summed E-state index contributed by atoms with van der Waals surface area (Å²) in [4.78, 5) is 22.5. The van der Waals surface area contributed by atoms with E-state index in [0.717, 1.165) is 52.4 Å². The SMILES string of the molecule is CN1CCN(Cc2c(O)c(Cl)cc3c2Oc2c(cc(Cl)c(O)c2CN2CCN(C)CC2)C32OC(=O)c3ccccc32)CC1. The van der Waals surface area contributed by atoms with E-state index in [-0.39, 0.29) is 21.5 Å². The summed E-state index contributed by atoms with van der Waals surface area (Å²) < 4.78 is 13.2. The van der Waals surface area contributed by atoms with Crippen molar-refractivity contribution >= 4 is 29.2 Å². The number of likely N-dealkylation sites (N-methyl/N-ethyl adjacent to an activating group) is 2. The van der Waals surface area contributed by atoms with E-state index >= 15 is 0 Å².